The summed E-state index contributed by atoms with van der Waals surface area (Å²) >= 11 is 1.61. The van der Waals surface area contributed by atoms with Crippen LogP contribution in [0.3, 0.4) is 0 Å². The first-order valence-electron chi connectivity index (χ1n) is 7.60. The van der Waals surface area contributed by atoms with Gasteiger partial charge in [-0.15, -0.1) is 0 Å². The van der Waals surface area contributed by atoms with Crippen molar-refractivity contribution in [1.29, 1.82) is 0 Å². The molecule has 0 aliphatic carbocycles. The molecule has 0 saturated carbocycles. The minimum absolute atomic E-state index is 0.239. The van der Waals surface area contributed by atoms with Crippen molar-refractivity contribution in [3.05, 3.63) is 46.2 Å². The Morgan fingerprint density at radius 2 is 1.96 bits per heavy atom. The van der Waals surface area contributed by atoms with Crippen LogP contribution in [0.1, 0.15) is 25.0 Å². The summed E-state index contributed by atoms with van der Waals surface area (Å²) in [6, 6.07) is 7.41. The molecule has 128 valence electrons. The first-order valence-corrected chi connectivity index (χ1v) is 8.54. The van der Waals surface area contributed by atoms with E-state index in [0.717, 1.165) is 11.1 Å². The molecule has 0 atom stereocenters. The van der Waals surface area contributed by atoms with Crippen LogP contribution in [0.15, 0.2) is 35.0 Å². The lowest BCUT2D eigenvalue weighted by Crippen LogP contribution is -2.42. The Morgan fingerprint density at radius 3 is 2.58 bits per heavy atom. The van der Waals surface area contributed by atoms with Gasteiger partial charge in [0.25, 0.3) is 0 Å². The van der Waals surface area contributed by atoms with Gasteiger partial charge in [-0.05, 0) is 47.0 Å². The molecule has 5 nitrogen and oxygen atoms in total. The molecule has 1 heterocycles. The second-order valence-electron chi connectivity index (χ2n) is 6.24. The van der Waals surface area contributed by atoms with Gasteiger partial charge in [0.1, 0.15) is 5.75 Å². The number of carbonyl (C=O) groups is 2. The summed E-state index contributed by atoms with van der Waals surface area (Å²) in [5, 5.41) is 9.34. The Kier molecular flexibility index (Phi) is 5.62. The fraction of sp³-hybridized carbons (Fsp3) is 0.333. The van der Waals surface area contributed by atoms with Crippen LogP contribution in [-0.4, -0.2) is 25.5 Å². The molecule has 0 spiro atoms. The van der Waals surface area contributed by atoms with Crippen molar-refractivity contribution in [2.24, 2.45) is 0 Å². The van der Waals surface area contributed by atoms with Gasteiger partial charge in [0, 0.05) is 12.0 Å². The lowest BCUT2D eigenvalue weighted by molar-refractivity contribution is -0.136. The highest BCUT2D eigenvalue weighted by Crippen LogP contribution is 2.26. The number of thiophene rings is 1. The van der Waals surface area contributed by atoms with Gasteiger partial charge in [0.05, 0.1) is 12.8 Å². The standard InChI is InChI=1S/C18H22N2O3S/c1-12-5-6-15(23-4)14(9-12)20-17(22)16(21)19-11-18(2,3)13-7-8-24-10-13/h5-10H,11H2,1-4H3,(H,19,21)(H,20,22). The second kappa shape index (κ2) is 7.49. The van der Waals surface area contributed by atoms with Crippen LogP contribution >= 0.6 is 11.3 Å². The van der Waals surface area contributed by atoms with Gasteiger partial charge in [-0.2, -0.15) is 11.3 Å². The number of rotatable bonds is 5. The third kappa shape index (κ3) is 4.35. The number of carbonyl (C=O) groups excluding carboxylic acids is 2. The summed E-state index contributed by atoms with van der Waals surface area (Å²) in [4.78, 5) is 24.2. The van der Waals surface area contributed by atoms with Gasteiger partial charge in [-0.3, -0.25) is 9.59 Å². The van der Waals surface area contributed by atoms with Crippen molar-refractivity contribution >= 4 is 28.8 Å². The van der Waals surface area contributed by atoms with Crippen molar-refractivity contribution in [1.82, 2.24) is 5.32 Å². The van der Waals surface area contributed by atoms with Gasteiger partial charge in [-0.1, -0.05) is 19.9 Å². The van der Waals surface area contributed by atoms with Gasteiger partial charge in [0.2, 0.25) is 0 Å². The number of ether oxygens (including phenoxy) is 1. The summed E-state index contributed by atoms with van der Waals surface area (Å²) in [7, 11) is 1.52. The van der Waals surface area contributed by atoms with E-state index < -0.39 is 11.8 Å². The fourth-order valence-electron chi connectivity index (χ4n) is 2.23. The van der Waals surface area contributed by atoms with Crippen molar-refractivity contribution in [3.63, 3.8) is 0 Å². The number of hydrogen-bond acceptors (Lipinski definition) is 4. The van der Waals surface area contributed by atoms with Gasteiger partial charge >= 0.3 is 11.8 Å². The molecule has 24 heavy (non-hydrogen) atoms. The Morgan fingerprint density at radius 1 is 1.21 bits per heavy atom. The number of anilines is 1. The normalized spacial score (nSPS) is 11.0. The van der Waals surface area contributed by atoms with E-state index >= 15 is 0 Å². The van der Waals surface area contributed by atoms with E-state index in [4.69, 9.17) is 4.74 Å². The Labute approximate surface area is 146 Å². The van der Waals surface area contributed by atoms with Crippen molar-refractivity contribution in [3.8, 4) is 5.75 Å². The number of aryl methyl sites for hydroxylation is 1. The number of benzene rings is 1. The van der Waals surface area contributed by atoms with Gasteiger partial charge in [0.15, 0.2) is 0 Å². The van der Waals surface area contributed by atoms with Crippen molar-refractivity contribution < 1.29 is 14.3 Å². The summed E-state index contributed by atoms with van der Waals surface area (Å²) < 4.78 is 5.20. The number of nitrogens with one attached hydrogen (secondary N) is 2. The smallest absolute Gasteiger partial charge is 0.313 e. The Balaban J connectivity index is 1.98. The zero-order valence-corrected chi connectivity index (χ0v) is 15.1. The minimum Gasteiger partial charge on any atom is -0.495 e. The van der Waals surface area contributed by atoms with Crippen LogP contribution in [-0.2, 0) is 15.0 Å². The minimum atomic E-state index is -0.708. The van der Waals surface area contributed by atoms with Gasteiger partial charge < -0.3 is 15.4 Å². The summed E-state index contributed by atoms with van der Waals surface area (Å²) in [6.45, 7) is 6.33. The Bertz CT molecular complexity index is 724. The molecule has 2 N–H and O–H groups in total. The van der Waals surface area contributed by atoms with E-state index in [1.54, 1.807) is 23.5 Å². The van der Waals surface area contributed by atoms with Crippen LogP contribution in [0.25, 0.3) is 0 Å². The Hall–Kier alpha value is -2.34. The van der Waals surface area contributed by atoms with Crippen LogP contribution in [0.4, 0.5) is 5.69 Å². The summed E-state index contributed by atoms with van der Waals surface area (Å²) in [5.74, 6) is -0.859. The molecule has 0 unspecified atom stereocenters. The molecule has 0 saturated heterocycles. The van der Waals surface area contributed by atoms with Crippen LogP contribution in [0.5, 0.6) is 5.75 Å². The lowest BCUT2D eigenvalue weighted by Gasteiger charge is -2.24. The van der Waals surface area contributed by atoms with E-state index in [1.807, 2.05) is 43.7 Å². The number of hydrogen-bond donors (Lipinski definition) is 2. The third-order valence-corrected chi connectivity index (χ3v) is 4.49. The topological polar surface area (TPSA) is 67.4 Å². The molecule has 6 heteroatoms. The zero-order chi connectivity index (χ0) is 17.7. The predicted molar refractivity (Wildman–Crippen MR) is 96.7 cm³/mol. The number of amides is 2. The first kappa shape index (κ1) is 18.0. The quantitative estimate of drug-likeness (QED) is 0.818. The average Bonchev–Trinajstić information content (AvgIpc) is 3.08. The second-order valence-corrected chi connectivity index (χ2v) is 7.02. The molecule has 2 amide bonds. The zero-order valence-electron chi connectivity index (χ0n) is 14.3. The molecular formula is C18H22N2O3S. The number of methoxy groups -OCH3 is 1. The van der Waals surface area contributed by atoms with Crippen molar-refractivity contribution in [2.45, 2.75) is 26.2 Å². The third-order valence-electron chi connectivity index (χ3n) is 3.80. The highest BCUT2D eigenvalue weighted by atomic mass is 32.1. The lowest BCUT2D eigenvalue weighted by atomic mass is 9.86. The van der Waals surface area contributed by atoms with E-state index in [1.165, 1.54) is 7.11 Å². The average molecular weight is 346 g/mol. The maximum Gasteiger partial charge on any atom is 0.313 e. The van der Waals surface area contributed by atoms with Crippen LogP contribution < -0.4 is 15.4 Å². The highest BCUT2D eigenvalue weighted by Gasteiger charge is 2.24. The molecule has 1 aromatic heterocycles. The van der Waals surface area contributed by atoms with E-state index in [-0.39, 0.29) is 5.41 Å². The fourth-order valence-corrected chi connectivity index (χ4v) is 3.08. The molecule has 0 radical (unpaired) electrons. The highest BCUT2D eigenvalue weighted by molar-refractivity contribution is 7.08. The first-order chi connectivity index (χ1) is 11.3. The molecule has 1 aromatic carbocycles. The molecule has 0 bridgehead atoms. The van der Waals surface area contributed by atoms with E-state index in [0.29, 0.717) is 18.0 Å². The molecular weight excluding hydrogens is 324 g/mol. The monoisotopic (exact) mass is 346 g/mol. The molecule has 2 rings (SSSR count). The molecule has 0 aliphatic rings. The molecule has 2 aromatic rings. The summed E-state index contributed by atoms with van der Waals surface area (Å²) in [6.07, 6.45) is 0. The van der Waals surface area contributed by atoms with Gasteiger partial charge in [-0.25, -0.2) is 0 Å². The van der Waals surface area contributed by atoms with Crippen LogP contribution in [0, 0.1) is 6.92 Å². The predicted octanol–water partition coefficient (Wildman–Crippen LogP) is 3.10. The maximum atomic E-state index is 12.1. The molecule has 0 aliphatic heterocycles. The maximum absolute atomic E-state index is 12.1. The SMILES string of the molecule is COc1ccc(C)cc1NC(=O)C(=O)NCC(C)(C)c1ccsc1. The van der Waals surface area contributed by atoms with Crippen LogP contribution in [0.2, 0.25) is 0 Å². The molecule has 0 fully saturated rings. The largest absolute Gasteiger partial charge is 0.495 e. The summed E-state index contributed by atoms with van der Waals surface area (Å²) in [5.41, 5.74) is 2.34. The van der Waals surface area contributed by atoms with E-state index in [9.17, 15) is 9.59 Å². The van der Waals surface area contributed by atoms with Crippen molar-refractivity contribution in [2.75, 3.05) is 19.0 Å². The van der Waals surface area contributed by atoms with E-state index in [2.05, 4.69) is 10.6 Å².